The fourth-order valence-electron chi connectivity index (χ4n) is 2.47. The molecule has 1 atom stereocenters. The second-order valence-electron chi connectivity index (χ2n) is 8.38. The Balaban J connectivity index is 2.39. The Bertz CT molecular complexity index is 543. The van der Waals surface area contributed by atoms with Gasteiger partial charge in [0.05, 0.1) is 5.69 Å². The maximum atomic E-state index is 11.9. The van der Waals surface area contributed by atoms with E-state index in [1.165, 1.54) is 0 Å². The third-order valence-corrected chi connectivity index (χ3v) is 4.95. The molecule has 1 unspecified atom stereocenters. The van der Waals surface area contributed by atoms with Crippen LogP contribution in [0.5, 0.6) is 0 Å². The molecule has 0 radical (unpaired) electrons. The summed E-state index contributed by atoms with van der Waals surface area (Å²) in [6.45, 7) is 12.8. The third-order valence-electron chi connectivity index (χ3n) is 4.95. The van der Waals surface area contributed by atoms with E-state index >= 15 is 0 Å². The Hall–Kier alpha value is -1.52. The van der Waals surface area contributed by atoms with Gasteiger partial charge in [-0.2, -0.15) is 0 Å². The standard InChI is InChI=1S/C19H33N3O2/c1-15(2)19(6,14-23)11-7-9-16-13-22(21-20-16)12-8-10-17(24)18(3,4)5/h13-15H,7-12H2,1-6H3. The predicted octanol–water partition coefficient (Wildman–Crippen LogP) is 3.86. The molecule has 1 rings (SSSR count). The molecule has 0 N–H and O–H groups in total. The van der Waals surface area contributed by atoms with E-state index in [0.717, 1.165) is 37.7 Å². The SMILES string of the molecule is CC(C)C(C)(C=O)CCCc1cn(CCCC(=O)C(C)(C)C)nn1. The van der Waals surface area contributed by atoms with Gasteiger partial charge in [0.2, 0.25) is 0 Å². The van der Waals surface area contributed by atoms with Crippen LogP contribution in [0.25, 0.3) is 0 Å². The molecule has 5 nitrogen and oxygen atoms in total. The zero-order valence-corrected chi connectivity index (χ0v) is 16.1. The molecular formula is C19H33N3O2. The summed E-state index contributed by atoms with van der Waals surface area (Å²) < 4.78 is 1.81. The molecule has 0 aromatic carbocycles. The van der Waals surface area contributed by atoms with Gasteiger partial charge in [-0.3, -0.25) is 9.48 Å². The number of Topliss-reactive ketones (excluding diaryl/α,β-unsaturated/α-hetero) is 1. The minimum Gasteiger partial charge on any atom is -0.303 e. The first kappa shape index (κ1) is 20.5. The van der Waals surface area contributed by atoms with Crippen molar-refractivity contribution in [2.45, 2.75) is 80.2 Å². The minimum absolute atomic E-state index is 0.261. The Morgan fingerprint density at radius 1 is 1.25 bits per heavy atom. The number of hydrogen-bond donors (Lipinski definition) is 0. The molecule has 0 bridgehead atoms. The van der Waals surface area contributed by atoms with E-state index in [4.69, 9.17) is 0 Å². The van der Waals surface area contributed by atoms with Crippen LogP contribution in [0.3, 0.4) is 0 Å². The summed E-state index contributed by atoms with van der Waals surface area (Å²) in [5.74, 6) is 0.621. The van der Waals surface area contributed by atoms with E-state index in [0.29, 0.717) is 18.9 Å². The van der Waals surface area contributed by atoms with Gasteiger partial charge >= 0.3 is 0 Å². The molecule has 24 heavy (non-hydrogen) atoms. The molecule has 0 spiro atoms. The van der Waals surface area contributed by atoms with E-state index in [-0.39, 0.29) is 16.6 Å². The van der Waals surface area contributed by atoms with Crippen LogP contribution in [0.4, 0.5) is 0 Å². The lowest BCUT2D eigenvalue weighted by Gasteiger charge is -2.27. The maximum Gasteiger partial charge on any atom is 0.138 e. The summed E-state index contributed by atoms with van der Waals surface area (Å²) in [6, 6.07) is 0. The molecule has 0 aliphatic heterocycles. The number of nitrogens with zero attached hydrogens (tertiary/aromatic N) is 3. The first-order chi connectivity index (χ1) is 11.1. The van der Waals surface area contributed by atoms with Crippen molar-refractivity contribution in [1.29, 1.82) is 0 Å². The highest BCUT2D eigenvalue weighted by Gasteiger charge is 2.27. The molecule has 0 saturated heterocycles. The monoisotopic (exact) mass is 335 g/mol. The van der Waals surface area contributed by atoms with Crippen molar-refractivity contribution < 1.29 is 9.59 Å². The second-order valence-corrected chi connectivity index (χ2v) is 8.38. The van der Waals surface area contributed by atoms with Gasteiger partial charge in [-0.05, 0) is 31.6 Å². The van der Waals surface area contributed by atoms with Crippen molar-refractivity contribution in [3.63, 3.8) is 0 Å². The number of carbonyl (C=O) groups excluding carboxylic acids is 2. The van der Waals surface area contributed by atoms with E-state index in [9.17, 15) is 9.59 Å². The number of aldehydes is 1. The quantitative estimate of drug-likeness (QED) is 0.609. The van der Waals surface area contributed by atoms with Gasteiger partial charge in [0.1, 0.15) is 12.1 Å². The lowest BCUT2D eigenvalue weighted by molar-refractivity contribution is -0.126. The fourth-order valence-corrected chi connectivity index (χ4v) is 2.47. The first-order valence-electron chi connectivity index (χ1n) is 8.97. The normalized spacial score (nSPS) is 14.6. The summed E-state index contributed by atoms with van der Waals surface area (Å²) in [5.41, 5.74) is 0.424. The first-order valence-corrected chi connectivity index (χ1v) is 8.97. The van der Waals surface area contributed by atoms with Crippen LogP contribution in [-0.4, -0.2) is 27.1 Å². The molecule has 0 fully saturated rings. The molecule has 0 amide bonds. The van der Waals surface area contributed by atoms with Crippen molar-refractivity contribution >= 4 is 12.1 Å². The van der Waals surface area contributed by atoms with Crippen LogP contribution in [0.1, 0.15) is 72.9 Å². The summed E-state index contributed by atoms with van der Waals surface area (Å²) in [6.07, 6.45) is 7.02. The van der Waals surface area contributed by atoms with Gasteiger partial charge in [0.25, 0.3) is 0 Å². The molecule has 1 aromatic heterocycles. The molecular weight excluding hydrogens is 302 g/mol. The van der Waals surface area contributed by atoms with Crippen LogP contribution in [0, 0.1) is 16.7 Å². The number of aryl methyl sites for hydroxylation is 2. The number of carbonyl (C=O) groups is 2. The van der Waals surface area contributed by atoms with Crippen LogP contribution in [0.2, 0.25) is 0 Å². The van der Waals surface area contributed by atoms with Crippen LogP contribution >= 0.6 is 0 Å². The lowest BCUT2D eigenvalue weighted by Crippen LogP contribution is -2.25. The topological polar surface area (TPSA) is 64.8 Å². The number of ketones is 1. The number of aromatic nitrogens is 3. The Labute approximate surface area is 146 Å². The Morgan fingerprint density at radius 3 is 2.46 bits per heavy atom. The predicted molar refractivity (Wildman–Crippen MR) is 95.7 cm³/mol. The molecule has 5 heteroatoms. The second kappa shape index (κ2) is 8.54. The largest absolute Gasteiger partial charge is 0.303 e. The van der Waals surface area contributed by atoms with E-state index in [1.54, 1.807) is 0 Å². The van der Waals surface area contributed by atoms with Gasteiger partial charge in [0.15, 0.2) is 0 Å². The van der Waals surface area contributed by atoms with Gasteiger partial charge in [-0.1, -0.05) is 46.8 Å². The average molecular weight is 335 g/mol. The molecule has 0 aliphatic rings. The van der Waals surface area contributed by atoms with Crippen LogP contribution < -0.4 is 0 Å². The summed E-state index contributed by atoms with van der Waals surface area (Å²) >= 11 is 0. The molecule has 1 aromatic rings. The van der Waals surface area contributed by atoms with Crippen molar-refractivity contribution in [2.75, 3.05) is 0 Å². The highest BCUT2D eigenvalue weighted by molar-refractivity contribution is 5.83. The van der Waals surface area contributed by atoms with Gasteiger partial charge in [-0.25, -0.2) is 0 Å². The van der Waals surface area contributed by atoms with Crippen molar-refractivity contribution in [3.8, 4) is 0 Å². The van der Waals surface area contributed by atoms with Gasteiger partial charge in [-0.15, -0.1) is 5.10 Å². The molecule has 0 saturated carbocycles. The number of rotatable bonds is 10. The summed E-state index contributed by atoms with van der Waals surface area (Å²) in [7, 11) is 0. The molecule has 0 aliphatic carbocycles. The zero-order chi connectivity index (χ0) is 18.4. The van der Waals surface area contributed by atoms with Crippen molar-refractivity contribution in [1.82, 2.24) is 15.0 Å². The Kier molecular flexibility index (Phi) is 7.30. The summed E-state index contributed by atoms with van der Waals surface area (Å²) in [5, 5.41) is 8.32. The average Bonchev–Trinajstić information content (AvgIpc) is 2.93. The Morgan fingerprint density at radius 2 is 1.92 bits per heavy atom. The summed E-state index contributed by atoms with van der Waals surface area (Å²) in [4.78, 5) is 23.2. The van der Waals surface area contributed by atoms with Gasteiger partial charge < -0.3 is 4.79 Å². The van der Waals surface area contributed by atoms with Crippen LogP contribution in [0.15, 0.2) is 6.20 Å². The fraction of sp³-hybridized carbons (Fsp3) is 0.789. The molecule has 136 valence electrons. The van der Waals surface area contributed by atoms with Crippen LogP contribution in [-0.2, 0) is 22.6 Å². The maximum absolute atomic E-state index is 11.9. The van der Waals surface area contributed by atoms with E-state index in [2.05, 4.69) is 24.2 Å². The van der Waals surface area contributed by atoms with Gasteiger partial charge in [0, 0.05) is 30.0 Å². The zero-order valence-electron chi connectivity index (χ0n) is 16.1. The minimum atomic E-state index is -0.269. The van der Waals surface area contributed by atoms with E-state index in [1.807, 2.05) is 38.6 Å². The smallest absolute Gasteiger partial charge is 0.138 e. The number of hydrogen-bond acceptors (Lipinski definition) is 4. The third kappa shape index (κ3) is 6.17. The highest BCUT2D eigenvalue weighted by Crippen LogP contribution is 2.30. The van der Waals surface area contributed by atoms with Crippen molar-refractivity contribution in [3.05, 3.63) is 11.9 Å². The van der Waals surface area contributed by atoms with E-state index < -0.39 is 0 Å². The van der Waals surface area contributed by atoms with Crippen molar-refractivity contribution in [2.24, 2.45) is 16.7 Å². The highest BCUT2D eigenvalue weighted by atomic mass is 16.1. The lowest BCUT2D eigenvalue weighted by atomic mass is 9.76. The molecule has 1 heterocycles.